The van der Waals surface area contributed by atoms with E-state index < -0.39 is 24.2 Å². The number of esters is 1. The molecule has 0 spiro atoms. The Labute approximate surface area is 167 Å². The quantitative estimate of drug-likeness (QED) is 0.484. The van der Waals surface area contributed by atoms with Crippen molar-refractivity contribution in [3.8, 4) is 0 Å². The largest absolute Gasteiger partial charge is 0.452 e. The SMILES string of the molecule is CCN(CC)c1ccc(C(=O)OCC(=O)Nc2ccc(SC(F)F)cc2)cc1. The third kappa shape index (κ3) is 6.53. The molecule has 0 fully saturated rings. The molecule has 0 aliphatic heterocycles. The molecule has 2 aromatic carbocycles. The Morgan fingerprint density at radius 1 is 1.04 bits per heavy atom. The van der Waals surface area contributed by atoms with Crippen LogP contribution in [0.25, 0.3) is 0 Å². The fourth-order valence-electron chi connectivity index (χ4n) is 2.53. The summed E-state index contributed by atoms with van der Waals surface area (Å²) in [6.45, 7) is 5.39. The van der Waals surface area contributed by atoms with Crippen molar-refractivity contribution in [3.05, 3.63) is 54.1 Å². The molecule has 2 aromatic rings. The molecule has 0 unspecified atom stereocenters. The summed E-state index contributed by atoms with van der Waals surface area (Å²) in [6.07, 6.45) is 0. The van der Waals surface area contributed by atoms with Gasteiger partial charge in [-0.3, -0.25) is 4.79 Å². The summed E-state index contributed by atoms with van der Waals surface area (Å²) in [5.41, 5.74) is 1.80. The van der Waals surface area contributed by atoms with Gasteiger partial charge in [-0.2, -0.15) is 8.78 Å². The summed E-state index contributed by atoms with van der Waals surface area (Å²) < 4.78 is 29.6. The lowest BCUT2D eigenvalue weighted by Crippen LogP contribution is -2.22. The van der Waals surface area contributed by atoms with Crippen molar-refractivity contribution in [1.29, 1.82) is 0 Å². The van der Waals surface area contributed by atoms with Crippen molar-refractivity contribution in [2.24, 2.45) is 0 Å². The van der Waals surface area contributed by atoms with Crippen molar-refractivity contribution < 1.29 is 23.1 Å². The number of thioether (sulfide) groups is 1. The molecule has 8 heteroatoms. The van der Waals surface area contributed by atoms with E-state index in [1.807, 2.05) is 12.1 Å². The lowest BCUT2D eigenvalue weighted by molar-refractivity contribution is -0.119. The first-order valence-electron chi connectivity index (χ1n) is 8.79. The highest BCUT2D eigenvalue weighted by Gasteiger charge is 2.12. The first-order valence-corrected chi connectivity index (χ1v) is 9.67. The van der Waals surface area contributed by atoms with Gasteiger partial charge in [-0.05, 0) is 62.4 Å². The number of anilines is 2. The standard InChI is InChI=1S/C20H22F2N2O3S/c1-3-24(4-2)16-9-5-14(6-10-16)19(26)27-13-18(25)23-15-7-11-17(12-8-15)28-20(21)22/h5-12,20H,3-4,13H2,1-2H3,(H,23,25). The van der Waals surface area contributed by atoms with E-state index >= 15 is 0 Å². The molecule has 0 bridgehead atoms. The van der Waals surface area contributed by atoms with Crippen LogP contribution < -0.4 is 10.2 Å². The molecule has 5 nitrogen and oxygen atoms in total. The lowest BCUT2D eigenvalue weighted by Gasteiger charge is -2.20. The molecule has 0 saturated carbocycles. The van der Waals surface area contributed by atoms with Crippen LogP contribution in [0.2, 0.25) is 0 Å². The van der Waals surface area contributed by atoms with Crippen LogP contribution in [0.1, 0.15) is 24.2 Å². The average Bonchev–Trinajstić information content (AvgIpc) is 2.69. The topological polar surface area (TPSA) is 58.6 Å². The Hall–Kier alpha value is -2.61. The van der Waals surface area contributed by atoms with Crippen LogP contribution in [0.5, 0.6) is 0 Å². The zero-order chi connectivity index (χ0) is 20.5. The number of benzene rings is 2. The summed E-state index contributed by atoms with van der Waals surface area (Å²) in [4.78, 5) is 26.5. The maximum absolute atomic E-state index is 12.3. The number of hydrogen-bond donors (Lipinski definition) is 1. The number of hydrogen-bond acceptors (Lipinski definition) is 5. The first-order chi connectivity index (χ1) is 13.4. The molecule has 0 aliphatic carbocycles. The van der Waals surface area contributed by atoms with Crippen LogP contribution >= 0.6 is 11.8 Å². The van der Waals surface area contributed by atoms with Gasteiger partial charge in [-0.25, -0.2) is 4.79 Å². The van der Waals surface area contributed by atoms with Crippen LogP contribution in [-0.2, 0) is 9.53 Å². The van der Waals surface area contributed by atoms with E-state index in [0.717, 1.165) is 18.8 Å². The van der Waals surface area contributed by atoms with Crippen molar-refractivity contribution in [3.63, 3.8) is 0 Å². The van der Waals surface area contributed by atoms with E-state index in [2.05, 4.69) is 24.1 Å². The van der Waals surface area contributed by atoms with Crippen molar-refractivity contribution in [1.82, 2.24) is 0 Å². The number of nitrogens with zero attached hydrogens (tertiary/aromatic N) is 1. The van der Waals surface area contributed by atoms with Gasteiger partial charge < -0.3 is 15.0 Å². The average molecular weight is 408 g/mol. The third-order valence-corrected chi connectivity index (χ3v) is 4.65. The van der Waals surface area contributed by atoms with Gasteiger partial charge in [-0.15, -0.1) is 0 Å². The molecule has 1 amide bonds. The maximum atomic E-state index is 12.3. The van der Waals surface area contributed by atoms with Crippen molar-refractivity contribution in [2.75, 3.05) is 29.9 Å². The second kappa shape index (κ2) is 10.7. The normalized spacial score (nSPS) is 10.6. The number of alkyl halides is 2. The van der Waals surface area contributed by atoms with Gasteiger partial charge in [-0.1, -0.05) is 11.8 Å². The zero-order valence-corrected chi connectivity index (χ0v) is 16.5. The third-order valence-electron chi connectivity index (χ3n) is 3.93. The highest BCUT2D eigenvalue weighted by molar-refractivity contribution is 7.99. The predicted molar refractivity (Wildman–Crippen MR) is 107 cm³/mol. The van der Waals surface area contributed by atoms with Crippen LogP contribution in [-0.4, -0.2) is 37.3 Å². The number of ether oxygens (including phenoxy) is 1. The molecule has 0 saturated heterocycles. The summed E-state index contributed by atoms with van der Waals surface area (Å²) in [5.74, 6) is -3.60. The Bertz CT molecular complexity index is 779. The van der Waals surface area contributed by atoms with Gasteiger partial charge >= 0.3 is 5.97 Å². The molecule has 150 valence electrons. The van der Waals surface area contributed by atoms with E-state index in [1.165, 1.54) is 24.3 Å². The van der Waals surface area contributed by atoms with E-state index in [0.29, 0.717) is 27.9 Å². The van der Waals surface area contributed by atoms with Gasteiger partial charge in [0.25, 0.3) is 11.7 Å². The second-order valence-corrected chi connectivity index (χ2v) is 6.81. The first kappa shape index (κ1) is 21.7. The lowest BCUT2D eigenvalue weighted by atomic mass is 10.2. The van der Waals surface area contributed by atoms with E-state index in [4.69, 9.17) is 4.74 Å². The highest BCUT2D eigenvalue weighted by Crippen LogP contribution is 2.26. The summed E-state index contributed by atoms with van der Waals surface area (Å²) in [7, 11) is 0. The Morgan fingerprint density at radius 3 is 2.18 bits per heavy atom. The van der Waals surface area contributed by atoms with Crippen LogP contribution in [0.4, 0.5) is 20.2 Å². The minimum absolute atomic E-state index is 0.358. The van der Waals surface area contributed by atoms with Gasteiger partial charge in [0.15, 0.2) is 6.61 Å². The molecule has 0 aliphatic rings. The molecule has 1 N–H and O–H groups in total. The Balaban J connectivity index is 1.84. The molecular formula is C20H22F2N2O3S. The molecule has 2 rings (SSSR count). The van der Waals surface area contributed by atoms with E-state index in [1.54, 1.807) is 12.1 Å². The van der Waals surface area contributed by atoms with Crippen molar-refractivity contribution >= 4 is 35.0 Å². The van der Waals surface area contributed by atoms with Crippen LogP contribution in [0.15, 0.2) is 53.4 Å². The number of carbonyl (C=O) groups is 2. The molecule has 0 heterocycles. The molecular weight excluding hydrogens is 386 g/mol. The number of halogens is 2. The summed E-state index contributed by atoms with van der Waals surface area (Å²) >= 11 is 0.425. The predicted octanol–water partition coefficient (Wildman–Crippen LogP) is 4.64. The van der Waals surface area contributed by atoms with Gasteiger partial charge in [0.05, 0.1) is 5.56 Å². The Morgan fingerprint density at radius 2 is 1.64 bits per heavy atom. The van der Waals surface area contributed by atoms with Gasteiger partial charge in [0.1, 0.15) is 0 Å². The van der Waals surface area contributed by atoms with Crippen LogP contribution in [0.3, 0.4) is 0 Å². The zero-order valence-electron chi connectivity index (χ0n) is 15.7. The number of nitrogens with one attached hydrogen (secondary N) is 1. The fourth-order valence-corrected chi connectivity index (χ4v) is 3.03. The van der Waals surface area contributed by atoms with E-state index in [-0.39, 0.29) is 0 Å². The molecule has 0 atom stereocenters. The van der Waals surface area contributed by atoms with Crippen molar-refractivity contribution in [2.45, 2.75) is 24.5 Å². The highest BCUT2D eigenvalue weighted by atomic mass is 32.2. The minimum atomic E-state index is -2.50. The molecule has 0 aromatic heterocycles. The van der Waals surface area contributed by atoms with E-state index in [9.17, 15) is 18.4 Å². The van der Waals surface area contributed by atoms with Gasteiger partial charge in [0, 0.05) is 29.4 Å². The number of rotatable bonds is 9. The number of amides is 1. The fraction of sp³-hybridized carbons (Fsp3) is 0.300. The van der Waals surface area contributed by atoms with Crippen LogP contribution in [0, 0.1) is 0 Å². The maximum Gasteiger partial charge on any atom is 0.338 e. The number of carbonyl (C=O) groups excluding carboxylic acids is 2. The summed E-state index contributed by atoms with van der Waals surface area (Å²) in [5, 5.41) is 2.55. The Kier molecular flexibility index (Phi) is 8.25. The smallest absolute Gasteiger partial charge is 0.338 e. The monoisotopic (exact) mass is 408 g/mol. The minimum Gasteiger partial charge on any atom is -0.452 e. The molecule has 0 radical (unpaired) electrons. The molecule has 28 heavy (non-hydrogen) atoms. The summed E-state index contributed by atoms with van der Waals surface area (Å²) in [6, 6.07) is 13.0. The second-order valence-electron chi connectivity index (χ2n) is 5.75. The van der Waals surface area contributed by atoms with Gasteiger partial charge in [0.2, 0.25) is 0 Å².